The number of carbonyl (C=O) groups excluding carboxylic acids is 1. The van der Waals surface area contributed by atoms with Gasteiger partial charge in [0.2, 0.25) is 0 Å². The van der Waals surface area contributed by atoms with Gasteiger partial charge in [-0.05, 0) is 37.1 Å². The van der Waals surface area contributed by atoms with Gasteiger partial charge in [0.1, 0.15) is 11.3 Å². The van der Waals surface area contributed by atoms with Crippen molar-refractivity contribution in [3.8, 4) is 12.3 Å². The minimum absolute atomic E-state index is 0.0785. The molecule has 4 rings (SSSR count). The van der Waals surface area contributed by atoms with Gasteiger partial charge < -0.3 is 15.2 Å². The molecule has 0 fully saturated rings. The second-order valence-corrected chi connectivity index (χ2v) is 6.56. The van der Waals surface area contributed by atoms with Crippen molar-refractivity contribution in [3.63, 3.8) is 0 Å². The van der Waals surface area contributed by atoms with Gasteiger partial charge in [-0.15, -0.1) is 6.42 Å². The minimum Gasteiger partial charge on any atom is -0.378 e. The lowest BCUT2D eigenvalue weighted by Crippen LogP contribution is -2.26. The second-order valence-electron chi connectivity index (χ2n) is 6.56. The Morgan fingerprint density at radius 1 is 1.42 bits per heavy atom. The molecule has 1 unspecified atom stereocenters. The van der Waals surface area contributed by atoms with Gasteiger partial charge in [0.25, 0.3) is 5.91 Å². The van der Waals surface area contributed by atoms with E-state index < -0.39 is 0 Å². The van der Waals surface area contributed by atoms with Gasteiger partial charge in [-0.3, -0.25) is 4.79 Å². The number of rotatable bonds is 3. The number of aromatic amines is 1. The highest BCUT2D eigenvalue weighted by molar-refractivity contribution is 5.95. The third kappa shape index (κ3) is 2.68. The fourth-order valence-corrected chi connectivity index (χ4v) is 3.42. The fourth-order valence-electron chi connectivity index (χ4n) is 3.42. The van der Waals surface area contributed by atoms with E-state index in [1.807, 2.05) is 31.2 Å². The number of hydrogen-bond acceptors (Lipinski definition) is 4. The molecule has 6 nitrogen and oxygen atoms in total. The Labute approximate surface area is 151 Å². The number of H-pyrrole nitrogens is 1. The van der Waals surface area contributed by atoms with Crippen molar-refractivity contribution < 1.29 is 4.79 Å². The number of carbonyl (C=O) groups is 1. The molecule has 0 spiro atoms. The monoisotopic (exact) mass is 345 g/mol. The van der Waals surface area contributed by atoms with Gasteiger partial charge in [-0.1, -0.05) is 12.0 Å². The quantitative estimate of drug-likeness (QED) is 0.716. The maximum Gasteiger partial charge on any atom is 0.254 e. The molecule has 130 valence electrons. The standard InChI is InChI=1S/C20H19N5O/c1-4-9-25(3)20(26)14-6-5-13-10-17(24-16(13)11-14)15-7-8-21-19-18(15)22-12(2)23-19/h1,5-8,11,17,24H,9-10H2,2-3H3,(H,21,22,23). The lowest BCUT2D eigenvalue weighted by Gasteiger charge is -2.15. The van der Waals surface area contributed by atoms with E-state index in [4.69, 9.17) is 6.42 Å². The Morgan fingerprint density at radius 3 is 3.08 bits per heavy atom. The summed E-state index contributed by atoms with van der Waals surface area (Å²) in [4.78, 5) is 26.1. The van der Waals surface area contributed by atoms with E-state index in [9.17, 15) is 4.79 Å². The second kappa shape index (κ2) is 6.19. The van der Waals surface area contributed by atoms with Gasteiger partial charge in [0, 0.05) is 30.1 Å². The molecule has 26 heavy (non-hydrogen) atoms. The van der Waals surface area contributed by atoms with Gasteiger partial charge in [0.15, 0.2) is 5.65 Å². The Kier molecular flexibility index (Phi) is 3.85. The number of imidazole rings is 1. The molecule has 3 aromatic rings. The number of amides is 1. The van der Waals surface area contributed by atoms with Crippen LogP contribution in [0.2, 0.25) is 0 Å². The van der Waals surface area contributed by atoms with Crippen LogP contribution in [-0.4, -0.2) is 39.4 Å². The zero-order valence-electron chi connectivity index (χ0n) is 14.7. The molecule has 1 aliphatic heterocycles. The maximum atomic E-state index is 12.4. The molecule has 2 N–H and O–H groups in total. The first kappa shape index (κ1) is 16.2. The predicted octanol–water partition coefficient (Wildman–Crippen LogP) is 2.68. The van der Waals surface area contributed by atoms with E-state index >= 15 is 0 Å². The summed E-state index contributed by atoms with van der Waals surface area (Å²) in [6.07, 6.45) is 7.93. The van der Waals surface area contributed by atoms with E-state index in [-0.39, 0.29) is 11.9 Å². The normalized spacial score (nSPS) is 15.3. The summed E-state index contributed by atoms with van der Waals surface area (Å²) in [5, 5.41) is 3.53. The third-order valence-electron chi connectivity index (χ3n) is 4.70. The molecule has 1 atom stereocenters. The average Bonchev–Trinajstić information content (AvgIpc) is 3.22. The van der Waals surface area contributed by atoms with E-state index in [1.54, 1.807) is 13.2 Å². The molecule has 1 amide bonds. The van der Waals surface area contributed by atoms with Gasteiger partial charge in [0.05, 0.1) is 12.6 Å². The van der Waals surface area contributed by atoms with Crippen LogP contribution in [0, 0.1) is 19.3 Å². The van der Waals surface area contributed by atoms with Crippen molar-refractivity contribution in [2.75, 3.05) is 18.9 Å². The molecule has 2 aromatic heterocycles. The highest BCUT2D eigenvalue weighted by Crippen LogP contribution is 2.36. The van der Waals surface area contributed by atoms with Crippen LogP contribution in [0.1, 0.15) is 33.4 Å². The first-order chi connectivity index (χ1) is 12.6. The van der Waals surface area contributed by atoms with Crippen molar-refractivity contribution in [2.45, 2.75) is 19.4 Å². The van der Waals surface area contributed by atoms with Crippen LogP contribution in [0.3, 0.4) is 0 Å². The number of anilines is 1. The molecular formula is C20H19N5O. The lowest BCUT2D eigenvalue weighted by atomic mass is 10.0. The number of pyridine rings is 1. The zero-order chi connectivity index (χ0) is 18.3. The van der Waals surface area contributed by atoms with E-state index in [0.29, 0.717) is 12.1 Å². The van der Waals surface area contributed by atoms with Crippen LogP contribution in [0.5, 0.6) is 0 Å². The zero-order valence-corrected chi connectivity index (χ0v) is 14.7. The smallest absolute Gasteiger partial charge is 0.254 e. The maximum absolute atomic E-state index is 12.4. The molecule has 6 heteroatoms. The largest absolute Gasteiger partial charge is 0.378 e. The number of nitrogens with one attached hydrogen (secondary N) is 2. The van der Waals surface area contributed by atoms with Gasteiger partial charge >= 0.3 is 0 Å². The van der Waals surface area contributed by atoms with Crippen LogP contribution >= 0.6 is 0 Å². The van der Waals surface area contributed by atoms with Crippen LogP contribution < -0.4 is 5.32 Å². The first-order valence-electron chi connectivity index (χ1n) is 8.46. The van der Waals surface area contributed by atoms with Crippen molar-refractivity contribution >= 4 is 22.8 Å². The van der Waals surface area contributed by atoms with E-state index in [0.717, 1.165) is 34.7 Å². The number of nitrogens with zero attached hydrogens (tertiary/aromatic N) is 3. The number of aryl methyl sites for hydroxylation is 1. The van der Waals surface area contributed by atoms with Crippen molar-refractivity contribution in [1.82, 2.24) is 19.9 Å². The SMILES string of the molecule is C#CCN(C)C(=O)c1ccc2c(c1)NC(c1ccnc3[nH]c(C)nc13)C2. The van der Waals surface area contributed by atoms with Crippen LogP contribution in [0.15, 0.2) is 30.5 Å². The Balaban J connectivity index is 1.63. The molecular weight excluding hydrogens is 326 g/mol. The van der Waals surface area contributed by atoms with Crippen LogP contribution in [0.4, 0.5) is 5.69 Å². The Bertz CT molecular complexity index is 1050. The summed E-state index contributed by atoms with van der Waals surface area (Å²) in [6.45, 7) is 2.21. The summed E-state index contributed by atoms with van der Waals surface area (Å²) < 4.78 is 0. The number of aromatic nitrogens is 3. The van der Waals surface area contributed by atoms with Gasteiger partial charge in [-0.25, -0.2) is 9.97 Å². The molecule has 0 bridgehead atoms. The molecule has 1 aliphatic rings. The summed E-state index contributed by atoms with van der Waals surface area (Å²) in [5.74, 6) is 3.26. The Hall–Kier alpha value is -3.33. The van der Waals surface area contributed by atoms with Crippen molar-refractivity contribution in [3.05, 3.63) is 53.0 Å². The van der Waals surface area contributed by atoms with Crippen LogP contribution in [0.25, 0.3) is 11.2 Å². The Morgan fingerprint density at radius 2 is 2.27 bits per heavy atom. The predicted molar refractivity (Wildman–Crippen MR) is 101 cm³/mol. The minimum atomic E-state index is -0.0785. The van der Waals surface area contributed by atoms with Crippen molar-refractivity contribution in [2.24, 2.45) is 0 Å². The summed E-state index contributed by atoms with van der Waals surface area (Å²) in [6, 6.07) is 7.87. The summed E-state index contributed by atoms with van der Waals surface area (Å²) >= 11 is 0. The molecule has 0 saturated carbocycles. The molecule has 0 saturated heterocycles. The number of hydrogen-bond donors (Lipinski definition) is 2. The summed E-state index contributed by atoms with van der Waals surface area (Å²) in [5.41, 5.74) is 5.58. The highest BCUT2D eigenvalue weighted by Gasteiger charge is 2.26. The first-order valence-corrected chi connectivity index (χ1v) is 8.46. The molecule has 0 aliphatic carbocycles. The number of terminal acetylenes is 1. The number of benzene rings is 1. The summed E-state index contributed by atoms with van der Waals surface area (Å²) in [7, 11) is 1.71. The fraction of sp³-hybridized carbons (Fsp3) is 0.250. The van der Waals surface area contributed by atoms with E-state index in [2.05, 4.69) is 26.2 Å². The molecule has 3 heterocycles. The van der Waals surface area contributed by atoms with E-state index in [1.165, 1.54) is 10.5 Å². The van der Waals surface area contributed by atoms with Gasteiger partial charge in [-0.2, -0.15) is 0 Å². The topological polar surface area (TPSA) is 73.9 Å². The van der Waals surface area contributed by atoms with Crippen LogP contribution in [-0.2, 0) is 6.42 Å². The molecule has 0 radical (unpaired) electrons. The average molecular weight is 345 g/mol. The third-order valence-corrected chi connectivity index (χ3v) is 4.70. The molecule has 1 aromatic carbocycles. The number of fused-ring (bicyclic) bond motifs is 2. The lowest BCUT2D eigenvalue weighted by molar-refractivity contribution is 0.0812. The van der Waals surface area contributed by atoms with Crippen molar-refractivity contribution in [1.29, 1.82) is 0 Å². The highest BCUT2D eigenvalue weighted by atomic mass is 16.2.